The number of anilines is 1. The molecule has 0 aromatic carbocycles. The Morgan fingerprint density at radius 3 is 2.79 bits per heavy atom. The lowest BCUT2D eigenvalue weighted by atomic mass is 9.95. The molecule has 2 atom stereocenters. The monoisotopic (exact) mass is 486 g/mol. The third-order valence-electron chi connectivity index (χ3n) is 6.80. The van der Waals surface area contributed by atoms with Crippen molar-refractivity contribution >= 4 is 40.9 Å². The van der Waals surface area contributed by atoms with Crippen molar-refractivity contribution in [3.8, 4) is 0 Å². The molecule has 7 nitrogen and oxygen atoms in total. The van der Waals surface area contributed by atoms with Crippen LogP contribution >= 0.6 is 23.5 Å². The number of allylic oxidation sites excluding steroid dienone is 2. The highest BCUT2D eigenvalue weighted by atomic mass is 35.5. The molecule has 1 amide bonds. The van der Waals surface area contributed by atoms with Crippen LogP contribution < -0.4 is 9.62 Å². The molecule has 2 saturated heterocycles. The highest BCUT2D eigenvalue weighted by molar-refractivity contribution is 7.96. The Kier molecular flexibility index (Phi) is 6.56. The summed E-state index contributed by atoms with van der Waals surface area (Å²) < 4.78 is 5.13. The number of nitrogens with zero attached hydrogens (tertiary/aromatic N) is 5. The number of piperidine rings is 1. The Bertz CT molecular complexity index is 1110. The average Bonchev–Trinajstić information content (AvgIpc) is 3.49. The molecule has 1 N–H and O–H groups in total. The molecule has 1 aliphatic carbocycles. The standard InChI is InChI=1S/C24H31ClN6OS/c1-16-15-31-22(26-23(16)29-10-5-6-11-29)14-20(27-31)21-7-3-4-12-30(21)24(32)18-13-17(25)8-9-19(18)28-33-2/h8-9,14-15,17,21,28H,3-7,10-13H2,1-2H3. The van der Waals surface area contributed by atoms with E-state index in [1.807, 2.05) is 27.8 Å². The summed E-state index contributed by atoms with van der Waals surface area (Å²) in [6.07, 6.45) is 13.9. The van der Waals surface area contributed by atoms with E-state index in [-0.39, 0.29) is 17.3 Å². The molecule has 2 fully saturated rings. The lowest BCUT2D eigenvalue weighted by Crippen LogP contribution is -2.40. The minimum absolute atomic E-state index is 0.0498. The number of alkyl halides is 1. The summed E-state index contributed by atoms with van der Waals surface area (Å²) in [6.45, 7) is 4.96. The SMILES string of the molecule is CSNC1=C(C(=O)N2CCCCC2c2cc3nc(N4CCCC4)c(C)cn3n2)CC(Cl)C=C1. The van der Waals surface area contributed by atoms with Gasteiger partial charge in [-0.25, -0.2) is 9.50 Å². The topological polar surface area (TPSA) is 65.8 Å². The van der Waals surface area contributed by atoms with E-state index in [0.717, 1.165) is 72.9 Å². The highest BCUT2D eigenvalue weighted by Crippen LogP contribution is 2.34. The summed E-state index contributed by atoms with van der Waals surface area (Å²) >= 11 is 7.89. The van der Waals surface area contributed by atoms with Crippen LogP contribution in [0.2, 0.25) is 0 Å². The number of hydrogen-bond donors (Lipinski definition) is 1. The summed E-state index contributed by atoms with van der Waals surface area (Å²) in [5.74, 6) is 1.12. The third kappa shape index (κ3) is 4.47. The Morgan fingerprint density at radius 2 is 2.00 bits per heavy atom. The number of aryl methyl sites for hydroxylation is 1. The molecule has 3 aliphatic rings. The molecule has 2 aliphatic heterocycles. The predicted octanol–water partition coefficient (Wildman–Crippen LogP) is 4.38. The van der Waals surface area contributed by atoms with Gasteiger partial charge in [-0.15, -0.1) is 11.6 Å². The van der Waals surface area contributed by atoms with E-state index in [1.165, 1.54) is 24.8 Å². The van der Waals surface area contributed by atoms with Gasteiger partial charge in [0.25, 0.3) is 5.91 Å². The van der Waals surface area contributed by atoms with Gasteiger partial charge >= 0.3 is 0 Å². The van der Waals surface area contributed by atoms with Crippen LogP contribution in [0.15, 0.2) is 35.7 Å². The number of likely N-dealkylation sites (tertiary alicyclic amines) is 1. The minimum Gasteiger partial charge on any atom is -0.356 e. The van der Waals surface area contributed by atoms with Crippen molar-refractivity contribution in [3.05, 3.63) is 46.9 Å². The van der Waals surface area contributed by atoms with Gasteiger partial charge in [-0.2, -0.15) is 5.10 Å². The largest absolute Gasteiger partial charge is 0.356 e. The van der Waals surface area contributed by atoms with Crippen molar-refractivity contribution in [1.82, 2.24) is 24.2 Å². The quantitative estimate of drug-likeness (QED) is 0.499. The normalized spacial score (nSPS) is 23.6. The number of halogens is 1. The number of nitrogens with one attached hydrogen (secondary N) is 1. The van der Waals surface area contributed by atoms with Crippen LogP contribution in [-0.4, -0.2) is 56.7 Å². The van der Waals surface area contributed by atoms with Crippen LogP contribution in [0.3, 0.4) is 0 Å². The molecule has 176 valence electrons. The van der Waals surface area contributed by atoms with Crippen LogP contribution in [0.25, 0.3) is 5.65 Å². The van der Waals surface area contributed by atoms with Gasteiger partial charge in [0.1, 0.15) is 5.82 Å². The van der Waals surface area contributed by atoms with Crippen molar-refractivity contribution in [2.75, 3.05) is 30.8 Å². The van der Waals surface area contributed by atoms with Crippen LogP contribution in [0.5, 0.6) is 0 Å². The first kappa shape index (κ1) is 22.6. The Balaban J connectivity index is 1.47. The van der Waals surface area contributed by atoms with Gasteiger partial charge in [0, 0.05) is 49.3 Å². The zero-order valence-corrected chi connectivity index (χ0v) is 20.8. The van der Waals surface area contributed by atoms with E-state index < -0.39 is 0 Å². The Morgan fingerprint density at radius 1 is 1.21 bits per heavy atom. The van der Waals surface area contributed by atoms with E-state index in [9.17, 15) is 4.79 Å². The van der Waals surface area contributed by atoms with Crippen LogP contribution in [0.1, 0.15) is 55.8 Å². The van der Waals surface area contributed by atoms with Crippen LogP contribution in [-0.2, 0) is 4.79 Å². The predicted molar refractivity (Wildman–Crippen MR) is 135 cm³/mol. The smallest absolute Gasteiger partial charge is 0.252 e. The Labute approximate surface area is 204 Å². The van der Waals surface area contributed by atoms with E-state index in [1.54, 1.807) is 0 Å². The zero-order valence-electron chi connectivity index (χ0n) is 19.3. The maximum Gasteiger partial charge on any atom is 0.252 e. The second-order valence-electron chi connectivity index (χ2n) is 9.10. The second kappa shape index (κ2) is 9.58. The molecule has 9 heteroatoms. The Hall–Kier alpha value is -2.19. The fraction of sp³-hybridized carbons (Fsp3) is 0.542. The maximum atomic E-state index is 13.7. The van der Waals surface area contributed by atoms with Gasteiger partial charge < -0.3 is 14.5 Å². The number of aromatic nitrogens is 3. The summed E-state index contributed by atoms with van der Waals surface area (Å²) in [4.78, 5) is 23.1. The average molecular weight is 487 g/mol. The molecule has 33 heavy (non-hydrogen) atoms. The molecule has 4 heterocycles. The van der Waals surface area contributed by atoms with E-state index >= 15 is 0 Å². The number of carbonyl (C=O) groups excluding carboxylic acids is 1. The second-order valence-corrected chi connectivity index (χ2v) is 10.3. The molecule has 2 unspecified atom stereocenters. The third-order valence-corrected chi connectivity index (χ3v) is 7.52. The van der Waals surface area contributed by atoms with E-state index in [0.29, 0.717) is 6.42 Å². The molecule has 2 aromatic rings. The van der Waals surface area contributed by atoms with Crippen molar-refractivity contribution in [3.63, 3.8) is 0 Å². The molecule has 0 bridgehead atoms. The van der Waals surface area contributed by atoms with Gasteiger partial charge in [-0.3, -0.25) is 4.79 Å². The number of carbonyl (C=O) groups is 1. The van der Waals surface area contributed by atoms with Crippen LogP contribution in [0.4, 0.5) is 5.82 Å². The van der Waals surface area contributed by atoms with Crippen molar-refractivity contribution in [1.29, 1.82) is 0 Å². The lowest BCUT2D eigenvalue weighted by molar-refractivity contribution is -0.131. The van der Waals surface area contributed by atoms with E-state index in [2.05, 4.69) is 28.8 Å². The molecular formula is C24H31ClN6OS. The van der Waals surface area contributed by atoms with Gasteiger partial charge in [0.15, 0.2) is 5.65 Å². The minimum atomic E-state index is -0.161. The number of hydrogen-bond acceptors (Lipinski definition) is 6. The summed E-state index contributed by atoms with van der Waals surface area (Å²) in [5.41, 5.74) is 4.52. The van der Waals surface area contributed by atoms with Gasteiger partial charge in [0.05, 0.1) is 22.8 Å². The first-order valence-corrected chi connectivity index (χ1v) is 13.5. The molecule has 2 aromatic heterocycles. The van der Waals surface area contributed by atoms with Crippen LogP contribution in [0, 0.1) is 6.92 Å². The maximum absolute atomic E-state index is 13.7. The van der Waals surface area contributed by atoms with E-state index in [4.69, 9.17) is 21.7 Å². The molecule has 0 spiro atoms. The molecule has 5 rings (SSSR count). The number of amides is 1. The zero-order chi connectivity index (χ0) is 22.9. The highest BCUT2D eigenvalue weighted by Gasteiger charge is 2.34. The molecule has 0 saturated carbocycles. The number of fused-ring (bicyclic) bond motifs is 1. The molecule has 0 radical (unpaired) electrons. The van der Waals surface area contributed by atoms with Crippen molar-refractivity contribution in [2.24, 2.45) is 0 Å². The summed E-state index contributed by atoms with van der Waals surface area (Å²) in [7, 11) is 0. The van der Waals surface area contributed by atoms with Crippen molar-refractivity contribution < 1.29 is 4.79 Å². The lowest BCUT2D eigenvalue weighted by Gasteiger charge is -2.36. The fourth-order valence-corrected chi connectivity index (χ4v) is 5.81. The van der Waals surface area contributed by atoms with Gasteiger partial charge in [-0.1, -0.05) is 18.0 Å². The summed E-state index contributed by atoms with van der Waals surface area (Å²) in [6, 6.07) is 2.02. The molecular weight excluding hydrogens is 456 g/mol. The first-order chi connectivity index (χ1) is 16.0. The number of rotatable bonds is 5. The van der Waals surface area contributed by atoms with Crippen molar-refractivity contribution in [2.45, 2.75) is 56.9 Å². The van der Waals surface area contributed by atoms with Gasteiger partial charge in [-0.05, 0) is 51.5 Å². The first-order valence-electron chi connectivity index (χ1n) is 11.8. The van der Waals surface area contributed by atoms with Gasteiger partial charge in [0.2, 0.25) is 0 Å². The fourth-order valence-electron chi connectivity index (χ4n) is 5.17. The summed E-state index contributed by atoms with van der Waals surface area (Å²) in [5, 5.41) is 4.72.